The van der Waals surface area contributed by atoms with Crippen molar-refractivity contribution < 1.29 is 5.21 Å². The van der Waals surface area contributed by atoms with Gasteiger partial charge in [-0.05, 0) is 25.9 Å². The van der Waals surface area contributed by atoms with Crippen LogP contribution in [0.15, 0.2) is 5.16 Å². The first kappa shape index (κ1) is 12.3. The molecule has 15 heavy (non-hydrogen) atoms. The van der Waals surface area contributed by atoms with Gasteiger partial charge in [-0.15, -0.1) is 0 Å². The highest BCUT2D eigenvalue weighted by Crippen LogP contribution is 2.15. The summed E-state index contributed by atoms with van der Waals surface area (Å²) in [4.78, 5) is 2.50. The fourth-order valence-corrected chi connectivity index (χ4v) is 2.08. The molecule has 0 spiro atoms. The highest BCUT2D eigenvalue weighted by molar-refractivity contribution is 5.79. The van der Waals surface area contributed by atoms with Gasteiger partial charge in [-0.1, -0.05) is 12.1 Å². The van der Waals surface area contributed by atoms with Gasteiger partial charge in [0, 0.05) is 25.6 Å². The van der Waals surface area contributed by atoms with E-state index in [0.29, 0.717) is 18.3 Å². The van der Waals surface area contributed by atoms with Crippen LogP contribution in [0.2, 0.25) is 0 Å². The van der Waals surface area contributed by atoms with E-state index in [1.807, 2.05) is 0 Å². The Bertz CT molecular complexity index is 208. The van der Waals surface area contributed by atoms with Crippen molar-refractivity contribution in [3.8, 4) is 0 Å². The lowest BCUT2D eigenvalue weighted by molar-refractivity contribution is 0.261. The highest BCUT2D eigenvalue weighted by Gasteiger charge is 2.21. The maximum atomic E-state index is 8.35. The van der Waals surface area contributed by atoms with Gasteiger partial charge < -0.3 is 16.3 Å². The van der Waals surface area contributed by atoms with E-state index < -0.39 is 0 Å². The zero-order valence-corrected chi connectivity index (χ0v) is 9.45. The Hall–Kier alpha value is -0.810. The first-order valence-corrected chi connectivity index (χ1v) is 5.69. The molecule has 1 unspecified atom stereocenters. The Labute approximate surface area is 91.3 Å². The summed E-state index contributed by atoms with van der Waals surface area (Å²) < 4.78 is 0. The molecule has 1 rings (SSSR count). The molecular formula is C10H22N4O. The van der Waals surface area contributed by atoms with Gasteiger partial charge in [0.1, 0.15) is 5.84 Å². The molecule has 5 nitrogen and oxygen atoms in total. The van der Waals surface area contributed by atoms with E-state index in [1.54, 1.807) is 0 Å². The van der Waals surface area contributed by atoms with Crippen LogP contribution < -0.4 is 11.1 Å². The molecule has 0 aromatic heterocycles. The molecular weight excluding hydrogens is 192 g/mol. The van der Waals surface area contributed by atoms with Crippen molar-refractivity contribution in [2.75, 3.05) is 26.2 Å². The van der Waals surface area contributed by atoms with Crippen LogP contribution in [-0.4, -0.2) is 48.2 Å². The first-order valence-electron chi connectivity index (χ1n) is 5.69. The smallest absolute Gasteiger partial charge is 0.140 e. The summed E-state index contributed by atoms with van der Waals surface area (Å²) >= 11 is 0. The van der Waals surface area contributed by atoms with Gasteiger partial charge in [-0.2, -0.15) is 0 Å². The SMILES string of the molecule is CCN1CCCC1CNCCC(N)=NO. The minimum atomic E-state index is 0.293. The predicted octanol–water partition coefficient (Wildman–Crippen LogP) is 0.197. The molecule has 1 aliphatic rings. The van der Waals surface area contributed by atoms with Crippen molar-refractivity contribution in [2.24, 2.45) is 10.9 Å². The molecule has 1 fully saturated rings. The van der Waals surface area contributed by atoms with Crippen LogP contribution in [-0.2, 0) is 0 Å². The van der Waals surface area contributed by atoms with Crippen molar-refractivity contribution in [1.29, 1.82) is 0 Å². The minimum absolute atomic E-state index is 0.293. The van der Waals surface area contributed by atoms with Gasteiger partial charge in [0.2, 0.25) is 0 Å². The van der Waals surface area contributed by atoms with Gasteiger partial charge in [0.05, 0.1) is 0 Å². The Balaban J connectivity index is 2.09. The molecule has 0 bridgehead atoms. The Morgan fingerprint density at radius 1 is 1.67 bits per heavy atom. The number of hydrogen-bond donors (Lipinski definition) is 3. The molecule has 4 N–H and O–H groups in total. The van der Waals surface area contributed by atoms with Crippen LogP contribution in [0, 0.1) is 0 Å². The zero-order chi connectivity index (χ0) is 11.1. The quantitative estimate of drug-likeness (QED) is 0.194. The van der Waals surface area contributed by atoms with E-state index in [9.17, 15) is 0 Å². The lowest BCUT2D eigenvalue weighted by Crippen LogP contribution is -2.38. The maximum absolute atomic E-state index is 8.35. The summed E-state index contributed by atoms with van der Waals surface area (Å²) in [6, 6.07) is 0.669. The Kier molecular flexibility index (Phi) is 5.42. The van der Waals surface area contributed by atoms with E-state index in [1.165, 1.54) is 19.4 Å². The van der Waals surface area contributed by atoms with Crippen molar-refractivity contribution in [2.45, 2.75) is 32.2 Å². The standard InChI is InChI=1S/C10H22N4O/c1-2-14-7-3-4-9(14)8-12-6-5-10(11)13-15/h9,12,15H,2-8H2,1H3,(H2,11,13). The van der Waals surface area contributed by atoms with E-state index in [0.717, 1.165) is 19.6 Å². The van der Waals surface area contributed by atoms with Gasteiger partial charge >= 0.3 is 0 Å². The highest BCUT2D eigenvalue weighted by atomic mass is 16.4. The summed E-state index contributed by atoms with van der Waals surface area (Å²) in [5.41, 5.74) is 5.37. The normalized spacial score (nSPS) is 23.5. The van der Waals surface area contributed by atoms with Crippen molar-refractivity contribution in [3.05, 3.63) is 0 Å². The largest absolute Gasteiger partial charge is 0.409 e. The van der Waals surface area contributed by atoms with Crippen molar-refractivity contribution >= 4 is 5.84 Å². The third-order valence-corrected chi connectivity index (χ3v) is 2.97. The number of hydrogen-bond acceptors (Lipinski definition) is 4. The van der Waals surface area contributed by atoms with Crippen LogP contribution in [0.25, 0.3) is 0 Å². The van der Waals surface area contributed by atoms with Gasteiger partial charge in [0.15, 0.2) is 0 Å². The maximum Gasteiger partial charge on any atom is 0.140 e. The lowest BCUT2D eigenvalue weighted by Gasteiger charge is -2.22. The number of nitrogens with two attached hydrogens (primary N) is 1. The van der Waals surface area contributed by atoms with Gasteiger partial charge in [-0.25, -0.2) is 0 Å². The average molecular weight is 214 g/mol. The van der Waals surface area contributed by atoms with E-state index >= 15 is 0 Å². The summed E-state index contributed by atoms with van der Waals surface area (Å²) in [6.07, 6.45) is 3.19. The van der Waals surface area contributed by atoms with Crippen LogP contribution in [0.4, 0.5) is 0 Å². The number of nitrogens with zero attached hydrogens (tertiary/aromatic N) is 2. The summed E-state index contributed by atoms with van der Waals surface area (Å²) in [7, 11) is 0. The fraction of sp³-hybridized carbons (Fsp3) is 0.900. The molecule has 0 radical (unpaired) electrons. The average Bonchev–Trinajstić information content (AvgIpc) is 2.71. The van der Waals surface area contributed by atoms with Gasteiger partial charge in [-0.3, -0.25) is 4.90 Å². The van der Waals surface area contributed by atoms with Gasteiger partial charge in [0.25, 0.3) is 0 Å². The summed E-state index contributed by atoms with van der Waals surface area (Å²) in [5, 5.41) is 14.6. The fourth-order valence-electron chi connectivity index (χ4n) is 2.08. The molecule has 0 saturated carbocycles. The number of oxime groups is 1. The summed E-state index contributed by atoms with van der Waals surface area (Å²) in [5.74, 6) is 0.293. The first-order chi connectivity index (χ1) is 7.27. The Morgan fingerprint density at radius 2 is 2.47 bits per heavy atom. The number of likely N-dealkylation sites (N-methyl/N-ethyl adjacent to an activating group) is 1. The van der Waals surface area contributed by atoms with E-state index in [2.05, 4.69) is 22.3 Å². The molecule has 0 aromatic carbocycles. The minimum Gasteiger partial charge on any atom is -0.409 e. The number of rotatable bonds is 6. The molecule has 5 heteroatoms. The molecule has 0 amide bonds. The molecule has 0 aliphatic carbocycles. The molecule has 88 valence electrons. The van der Waals surface area contributed by atoms with Crippen molar-refractivity contribution in [1.82, 2.24) is 10.2 Å². The van der Waals surface area contributed by atoms with E-state index in [4.69, 9.17) is 10.9 Å². The topological polar surface area (TPSA) is 73.9 Å². The molecule has 1 aliphatic heterocycles. The second-order valence-electron chi connectivity index (χ2n) is 3.97. The van der Waals surface area contributed by atoms with Crippen LogP contribution >= 0.6 is 0 Å². The third kappa shape index (κ3) is 4.05. The van der Waals surface area contributed by atoms with Crippen LogP contribution in [0.3, 0.4) is 0 Å². The molecule has 0 aromatic rings. The second-order valence-corrected chi connectivity index (χ2v) is 3.97. The second kappa shape index (κ2) is 6.63. The van der Waals surface area contributed by atoms with Crippen LogP contribution in [0.5, 0.6) is 0 Å². The third-order valence-electron chi connectivity index (χ3n) is 2.97. The monoisotopic (exact) mass is 214 g/mol. The number of nitrogens with one attached hydrogen (secondary N) is 1. The number of likely N-dealkylation sites (tertiary alicyclic amines) is 1. The Morgan fingerprint density at radius 3 is 3.13 bits per heavy atom. The zero-order valence-electron chi connectivity index (χ0n) is 9.45. The summed E-state index contributed by atoms with van der Waals surface area (Å²) in [6.45, 7) is 6.35. The molecule has 1 saturated heterocycles. The van der Waals surface area contributed by atoms with Crippen molar-refractivity contribution in [3.63, 3.8) is 0 Å². The van der Waals surface area contributed by atoms with E-state index in [-0.39, 0.29) is 0 Å². The van der Waals surface area contributed by atoms with Crippen LogP contribution in [0.1, 0.15) is 26.2 Å². The number of amidine groups is 1. The molecule has 1 heterocycles. The predicted molar refractivity (Wildman–Crippen MR) is 61.2 cm³/mol. The lowest BCUT2D eigenvalue weighted by atomic mass is 10.2. The molecule has 1 atom stereocenters.